The number of rotatable bonds is 7. The van der Waals surface area contributed by atoms with Gasteiger partial charge in [0.15, 0.2) is 0 Å². The summed E-state index contributed by atoms with van der Waals surface area (Å²) in [5.74, 6) is -0.275. The fourth-order valence-corrected chi connectivity index (χ4v) is 5.28. The van der Waals surface area contributed by atoms with Crippen molar-refractivity contribution in [1.29, 1.82) is 5.26 Å². The molecule has 1 aromatic heterocycles. The highest BCUT2D eigenvalue weighted by Gasteiger charge is 2.31. The van der Waals surface area contributed by atoms with Crippen LogP contribution in [-0.2, 0) is 21.4 Å². The maximum absolute atomic E-state index is 13.4. The van der Waals surface area contributed by atoms with Gasteiger partial charge in [-0.2, -0.15) is 9.98 Å². The Balaban J connectivity index is 1.83. The number of hydrogen-bond donors (Lipinski definition) is 1. The highest BCUT2D eigenvalue weighted by atomic mass is 32.2. The van der Waals surface area contributed by atoms with Gasteiger partial charge in [-0.05, 0) is 68.0 Å². The summed E-state index contributed by atoms with van der Waals surface area (Å²) >= 11 is 0. The molecule has 0 bridgehead atoms. The van der Waals surface area contributed by atoms with Crippen molar-refractivity contribution in [3.05, 3.63) is 53.6 Å². The molecule has 0 spiro atoms. The van der Waals surface area contributed by atoms with Gasteiger partial charge in [-0.1, -0.05) is 6.92 Å². The second-order valence-electron chi connectivity index (χ2n) is 8.08. The molecular weight excluding hydrogens is 419 g/mol. The molecular formula is C22H27FN4O3S. The number of aromatic nitrogens is 1. The van der Waals surface area contributed by atoms with E-state index in [0.29, 0.717) is 31.2 Å². The van der Waals surface area contributed by atoms with E-state index < -0.39 is 21.9 Å². The number of nitriles is 1. The Bertz CT molecular complexity index is 1080. The number of piperidine rings is 1. The lowest BCUT2D eigenvalue weighted by molar-refractivity contribution is -0.134. The molecule has 9 heteroatoms. The molecule has 7 nitrogen and oxygen atoms in total. The average molecular weight is 447 g/mol. The van der Waals surface area contributed by atoms with Gasteiger partial charge in [0.25, 0.3) is 0 Å². The van der Waals surface area contributed by atoms with Crippen molar-refractivity contribution in [3.63, 3.8) is 0 Å². The molecule has 0 aliphatic carbocycles. The molecule has 166 valence electrons. The number of carbonyl (C=O) groups is 1. The first-order valence-electron chi connectivity index (χ1n) is 10.3. The topological polar surface area (TPSA) is 95.2 Å². The summed E-state index contributed by atoms with van der Waals surface area (Å²) in [6.07, 6.45) is 3.66. The minimum atomic E-state index is -4.05. The maximum Gasteiger partial charge on any atom is 0.241 e. The van der Waals surface area contributed by atoms with E-state index in [0.717, 1.165) is 25.0 Å². The number of carbonyl (C=O) groups excluding carboxylic acids is 1. The van der Waals surface area contributed by atoms with Crippen LogP contribution in [0.2, 0.25) is 0 Å². The fraction of sp³-hybridized carbons (Fsp3) is 0.455. The van der Waals surface area contributed by atoms with Crippen LogP contribution >= 0.6 is 0 Å². The molecule has 1 aliphatic rings. The molecule has 1 aliphatic heterocycles. The summed E-state index contributed by atoms with van der Waals surface area (Å²) < 4.78 is 43.7. The first-order chi connectivity index (χ1) is 14.7. The number of likely N-dealkylation sites (tertiary alicyclic amines) is 1. The van der Waals surface area contributed by atoms with Crippen LogP contribution in [0.3, 0.4) is 0 Å². The van der Waals surface area contributed by atoms with E-state index >= 15 is 0 Å². The maximum atomic E-state index is 13.4. The summed E-state index contributed by atoms with van der Waals surface area (Å²) in [4.78, 5) is 14.9. The Morgan fingerprint density at radius 2 is 2.03 bits per heavy atom. The lowest BCUT2D eigenvalue weighted by Gasteiger charge is -2.33. The Hall–Kier alpha value is -2.70. The summed E-state index contributed by atoms with van der Waals surface area (Å²) in [6.45, 7) is 5.12. The SMILES string of the molecule is Cc1cc(F)ccc1S(=O)(=O)NC(CCn1cccc1C#N)C(=O)N1CCC(C)CC1. The Labute approximate surface area is 182 Å². The molecule has 1 N–H and O–H groups in total. The zero-order valence-electron chi connectivity index (χ0n) is 17.7. The molecule has 1 atom stereocenters. The van der Waals surface area contributed by atoms with Crippen LogP contribution in [0.1, 0.15) is 37.4 Å². The van der Waals surface area contributed by atoms with Gasteiger partial charge in [0, 0.05) is 25.8 Å². The van der Waals surface area contributed by atoms with Gasteiger partial charge >= 0.3 is 0 Å². The van der Waals surface area contributed by atoms with Crippen molar-refractivity contribution in [2.24, 2.45) is 5.92 Å². The number of amides is 1. The van der Waals surface area contributed by atoms with E-state index in [9.17, 15) is 22.9 Å². The molecule has 1 amide bonds. The molecule has 1 saturated heterocycles. The van der Waals surface area contributed by atoms with E-state index in [2.05, 4.69) is 17.7 Å². The molecule has 2 heterocycles. The third-order valence-corrected chi connectivity index (χ3v) is 7.35. The van der Waals surface area contributed by atoms with Crippen LogP contribution in [0.25, 0.3) is 0 Å². The zero-order chi connectivity index (χ0) is 22.6. The summed E-state index contributed by atoms with van der Waals surface area (Å²) in [7, 11) is -4.05. The first-order valence-corrected chi connectivity index (χ1v) is 11.8. The quantitative estimate of drug-likeness (QED) is 0.708. The number of benzene rings is 1. The van der Waals surface area contributed by atoms with Gasteiger partial charge in [0.2, 0.25) is 15.9 Å². The van der Waals surface area contributed by atoms with E-state index in [-0.39, 0.29) is 22.8 Å². The molecule has 31 heavy (non-hydrogen) atoms. The second-order valence-corrected chi connectivity index (χ2v) is 9.76. The van der Waals surface area contributed by atoms with Gasteiger partial charge in [-0.25, -0.2) is 12.8 Å². The number of hydrogen-bond acceptors (Lipinski definition) is 4. The molecule has 0 radical (unpaired) electrons. The van der Waals surface area contributed by atoms with Crippen molar-refractivity contribution in [3.8, 4) is 6.07 Å². The van der Waals surface area contributed by atoms with Crippen LogP contribution in [0.15, 0.2) is 41.4 Å². The first kappa shape index (κ1) is 23.0. The number of nitrogens with one attached hydrogen (secondary N) is 1. The monoisotopic (exact) mass is 446 g/mol. The second kappa shape index (κ2) is 9.62. The minimum absolute atomic E-state index is 0.0577. The lowest BCUT2D eigenvalue weighted by Crippen LogP contribution is -2.51. The van der Waals surface area contributed by atoms with Gasteiger partial charge in [0.1, 0.15) is 23.6 Å². The Morgan fingerprint density at radius 1 is 1.32 bits per heavy atom. The van der Waals surface area contributed by atoms with Crippen molar-refractivity contribution in [1.82, 2.24) is 14.2 Å². The van der Waals surface area contributed by atoms with Crippen molar-refractivity contribution in [2.75, 3.05) is 13.1 Å². The molecule has 3 rings (SSSR count). The van der Waals surface area contributed by atoms with Gasteiger partial charge in [-0.15, -0.1) is 0 Å². The molecule has 0 saturated carbocycles. The lowest BCUT2D eigenvalue weighted by atomic mass is 9.98. The number of halogens is 1. The predicted molar refractivity (Wildman–Crippen MR) is 114 cm³/mol. The summed E-state index contributed by atoms with van der Waals surface area (Å²) in [5, 5.41) is 9.21. The van der Waals surface area contributed by atoms with Crippen molar-refractivity contribution >= 4 is 15.9 Å². The van der Waals surface area contributed by atoms with E-state index in [1.807, 2.05) is 0 Å². The zero-order valence-corrected chi connectivity index (χ0v) is 18.5. The van der Waals surface area contributed by atoms with Gasteiger partial charge in [0.05, 0.1) is 4.90 Å². The molecule has 2 aromatic rings. The van der Waals surface area contributed by atoms with Crippen LogP contribution in [-0.4, -0.2) is 42.9 Å². The Kier molecular flexibility index (Phi) is 7.13. The van der Waals surface area contributed by atoms with E-state index in [1.165, 1.54) is 13.0 Å². The van der Waals surface area contributed by atoms with Crippen LogP contribution in [0, 0.1) is 30.0 Å². The third-order valence-electron chi connectivity index (χ3n) is 5.72. The summed E-state index contributed by atoms with van der Waals surface area (Å²) in [5.41, 5.74) is 0.706. The fourth-order valence-electron chi connectivity index (χ4n) is 3.83. The van der Waals surface area contributed by atoms with Crippen LogP contribution in [0.5, 0.6) is 0 Å². The Morgan fingerprint density at radius 3 is 2.68 bits per heavy atom. The molecule has 1 fully saturated rings. The van der Waals surface area contributed by atoms with Crippen molar-refractivity contribution in [2.45, 2.75) is 50.6 Å². The number of nitrogens with zero attached hydrogens (tertiary/aromatic N) is 3. The normalized spacial score (nSPS) is 16.1. The van der Waals surface area contributed by atoms with Crippen LogP contribution < -0.4 is 4.72 Å². The van der Waals surface area contributed by atoms with Gasteiger partial charge < -0.3 is 9.47 Å². The average Bonchev–Trinajstić information content (AvgIpc) is 3.18. The molecule has 1 unspecified atom stereocenters. The predicted octanol–water partition coefficient (Wildman–Crippen LogP) is 2.80. The largest absolute Gasteiger partial charge is 0.341 e. The highest BCUT2D eigenvalue weighted by Crippen LogP contribution is 2.20. The van der Waals surface area contributed by atoms with Gasteiger partial charge in [-0.3, -0.25) is 4.79 Å². The highest BCUT2D eigenvalue weighted by molar-refractivity contribution is 7.89. The van der Waals surface area contributed by atoms with E-state index in [4.69, 9.17) is 0 Å². The molecule has 1 aromatic carbocycles. The number of aryl methyl sites for hydroxylation is 2. The summed E-state index contributed by atoms with van der Waals surface area (Å²) in [6, 6.07) is 7.92. The standard InChI is InChI=1S/C22H27FN4O3S/c1-16-7-11-27(12-8-16)22(28)20(9-13-26-10-3-4-19(26)15-24)25-31(29,30)21-6-5-18(23)14-17(21)2/h3-6,10,14,16,20,25H,7-9,11-13H2,1-2H3. The third kappa shape index (κ3) is 5.51. The number of sulfonamides is 1. The minimum Gasteiger partial charge on any atom is -0.341 e. The smallest absolute Gasteiger partial charge is 0.241 e. The van der Waals surface area contributed by atoms with E-state index in [1.54, 1.807) is 27.8 Å². The van der Waals surface area contributed by atoms with Crippen LogP contribution in [0.4, 0.5) is 4.39 Å². The van der Waals surface area contributed by atoms with Crippen molar-refractivity contribution < 1.29 is 17.6 Å².